The Morgan fingerprint density at radius 2 is 1.81 bits per heavy atom. The summed E-state index contributed by atoms with van der Waals surface area (Å²) in [6.07, 6.45) is 4.51. The van der Waals surface area contributed by atoms with Crippen LogP contribution in [0, 0.1) is 0 Å². The maximum atomic E-state index is 12.4. The highest BCUT2D eigenvalue weighted by molar-refractivity contribution is 7.89. The quantitative estimate of drug-likeness (QED) is 0.613. The Labute approximate surface area is 187 Å². The Bertz CT molecular complexity index is 1100. The summed E-state index contributed by atoms with van der Waals surface area (Å²) in [6.45, 7) is 1.36. The fraction of sp³-hybridized carbons (Fsp3) is 0.364. The third kappa shape index (κ3) is 5.64. The highest BCUT2D eigenvalue weighted by Gasteiger charge is 2.20. The van der Waals surface area contributed by atoms with Crippen molar-refractivity contribution in [1.29, 1.82) is 0 Å². The number of ether oxygens (including phenoxy) is 1. The number of carbonyl (C=O) groups is 2. The van der Waals surface area contributed by atoms with Gasteiger partial charge in [-0.3, -0.25) is 4.79 Å². The minimum Gasteiger partial charge on any atom is -0.452 e. The van der Waals surface area contributed by atoms with Crippen molar-refractivity contribution in [3.05, 3.63) is 63.7 Å². The first-order chi connectivity index (χ1) is 14.7. The first-order valence-corrected chi connectivity index (χ1v) is 11.9. The molecule has 0 aliphatic heterocycles. The SMILES string of the molecule is CNS(=O)(=O)c1ccc(Cl)c(C(=O)OCC(=O)NC(C)c2ccc3c(c2)CCCC3)c1. The van der Waals surface area contributed by atoms with Crippen molar-refractivity contribution in [3.8, 4) is 0 Å². The molecular formula is C22H25ClN2O5S. The highest BCUT2D eigenvalue weighted by Crippen LogP contribution is 2.25. The topological polar surface area (TPSA) is 102 Å². The van der Waals surface area contributed by atoms with Crippen molar-refractivity contribution in [2.75, 3.05) is 13.7 Å². The molecule has 0 heterocycles. The van der Waals surface area contributed by atoms with E-state index in [2.05, 4.69) is 22.2 Å². The number of amides is 1. The minimum atomic E-state index is -3.75. The Kier molecular flexibility index (Phi) is 7.35. The molecule has 0 radical (unpaired) electrons. The van der Waals surface area contributed by atoms with Gasteiger partial charge in [0.15, 0.2) is 6.61 Å². The summed E-state index contributed by atoms with van der Waals surface area (Å²) in [5, 5.41) is 2.84. The van der Waals surface area contributed by atoms with Gasteiger partial charge in [-0.05, 0) is 74.5 Å². The number of hydrogen-bond donors (Lipinski definition) is 2. The van der Waals surface area contributed by atoms with E-state index in [1.165, 1.54) is 43.1 Å². The summed E-state index contributed by atoms with van der Waals surface area (Å²) in [4.78, 5) is 24.5. The van der Waals surface area contributed by atoms with E-state index in [-0.39, 0.29) is 21.5 Å². The van der Waals surface area contributed by atoms with Crippen molar-refractivity contribution >= 4 is 33.5 Å². The molecule has 1 aliphatic carbocycles. The lowest BCUT2D eigenvalue weighted by atomic mass is 9.89. The van der Waals surface area contributed by atoms with Crippen molar-refractivity contribution in [2.45, 2.75) is 43.5 Å². The van der Waals surface area contributed by atoms with E-state index in [0.29, 0.717) is 0 Å². The molecule has 0 saturated heterocycles. The van der Waals surface area contributed by atoms with E-state index in [9.17, 15) is 18.0 Å². The lowest BCUT2D eigenvalue weighted by Gasteiger charge is -2.20. The van der Waals surface area contributed by atoms with Gasteiger partial charge in [-0.15, -0.1) is 0 Å². The number of benzene rings is 2. The van der Waals surface area contributed by atoms with Crippen LogP contribution in [0.15, 0.2) is 41.3 Å². The predicted molar refractivity (Wildman–Crippen MR) is 118 cm³/mol. The number of fused-ring (bicyclic) bond motifs is 1. The molecule has 2 aromatic rings. The van der Waals surface area contributed by atoms with E-state index in [4.69, 9.17) is 16.3 Å². The highest BCUT2D eigenvalue weighted by atomic mass is 35.5. The van der Waals surface area contributed by atoms with E-state index in [1.807, 2.05) is 13.0 Å². The Hall–Kier alpha value is -2.42. The molecule has 1 atom stereocenters. The maximum Gasteiger partial charge on any atom is 0.340 e. The third-order valence-electron chi connectivity index (χ3n) is 5.32. The van der Waals surface area contributed by atoms with Gasteiger partial charge in [-0.2, -0.15) is 0 Å². The Morgan fingerprint density at radius 3 is 2.52 bits per heavy atom. The number of hydrogen-bond acceptors (Lipinski definition) is 5. The molecule has 31 heavy (non-hydrogen) atoms. The second kappa shape index (κ2) is 9.80. The molecule has 166 valence electrons. The average molecular weight is 465 g/mol. The average Bonchev–Trinajstić information content (AvgIpc) is 2.77. The molecule has 2 aromatic carbocycles. The number of nitrogens with one attached hydrogen (secondary N) is 2. The van der Waals surface area contributed by atoms with Gasteiger partial charge in [-0.25, -0.2) is 17.9 Å². The van der Waals surface area contributed by atoms with Gasteiger partial charge in [0.05, 0.1) is 21.5 Å². The third-order valence-corrected chi connectivity index (χ3v) is 7.06. The fourth-order valence-corrected chi connectivity index (χ4v) is 4.49. The molecule has 1 aliphatic rings. The molecule has 0 spiro atoms. The maximum absolute atomic E-state index is 12.4. The van der Waals surface area contributed by atoms with Crippen molar-refractivity contribution in [1.82, 2.24) is 10.0 Å². The lowest BCUT2D eigenvalue weighted by Crippen LogP contribution is -2.31. The first kappa shape index (κ1) is 23.2. The number of aryl methyl sites for hydroxylation is 2. The molecule has 0 aromatic heterocycles. The van der Waals surface area contributed by atoms with Crippen molar-refractivity contribution < 1.29 is 22.7 Å². The summed E-state index contributed by atoms with van der Waals surface area (Å²) < 4.78 is 31.1. The molecule has 0 bridgehead atoms. The van der Waals surface area contributed by atoms with Gasteiger partial charge in [0.2, 0.25) is 10.0 Å². The first-order valence-electron chi connectivity index (χ1n) is 10.0. The molecule has 1 unspecified atom stereocenters. The monoisotopic (exact) mass is 464 g/mol. The van der Waals surface area contributed by atoms with Gasteiger partial charge in [0.1, 0.15) is 0 Å². The van der Waals surface area contributed by atoms with Crippen molar-refractivity contribution in [3.63, 3.8) is 0 Å². The van der Waals surface area contributed by atoms with Crippen LogP contribution in [-0.4, -0.2) is 33.9 Å². The van der Waals surface area contributed by atoms with Gasteiger partial charge >= 0.3 is 5.97 Å². The molecule has 2 N–H and O–H groups in total. The zero-order chi connectivity index (χ0) is 22.6. The van der Waals surface area contributed by atoms with Gasteiger partial charge < -0.3 is 10.1 Å². The summed E-state index contributed by atoms with van der Waals surface area (Å²) in [5.74, 6) is -1.34. The van der Waals surface area contributed by atoms with Gasteiger partial charge in [-0.1, -0.05) is 29.8 Å². The molecular weight excluding hydrogens is 440 g/mol. The normalized spacial score (nSPS) is 14.4. The second-order valence-electron chi connectivity index (χ2n) is 7.45. The minimum absolute atomic E-state index is 0.0305. The summed E-state index contributed by atoms with van der Waals surface area (Å²) >= 11 is 6.01. The number of rotatable bonds is 7. The zero-order valence-electron chi connectivity index (χ0n) is 17.4. The molecule has 1 amide bonds. The van der Waals surface area contributed by atoms with Crippen LogP contribution in [0.5, 0.6) is 0 Å². The van der Waals surface area contributed by atoms with Crippen molar-refractivity contribution in [2.24, 2.45) is 0 Å². The zero-order valence-corrected chi connectivity index (χ0v) is 19.0. The molecule has 3 rings (SSSR count). The molecule has 0 fully saturated rings. The fourth-order valence-electron chi connectivity index (χ4n) is 3.54. The van der Waals surface area contributed by atoms with Crippen LogP contribution in [0.4, 0.5) is 0 Å². The van der Waals surface area contributed by atoms with E-state index < -0.39 is 28.5 Å². The Balaban J connectivity index is 1.61. The Morgan fingerprint density at radius 1 is 1.10 bits per heavy atom. The van der Waals surface area contributed by atoms with Crippen LogP contribution in [0.1, 0.15) is 52.9 Å². The van der Waals surface area contributed by atoms with Crippen LogP contribution < -0.4 is 10.0 Å². The van der Waals surface area contributed by atoms with E-state index >= 15 is 0 Å². The molecule has 7 nitrogen and oxygen atoms in total. The van der Waals surface area contributed by atoms with Crippen LogP contribution in [0.2, 0.25) is 5.02 Å². The van der Waals surface area contributed by atoms with Crippen LogP contribution in [0.25, 0.3) is 0 Å². The molecule has 9 heteroatoms. The van der Waals surface area contributed by atoms with Crippen LogP contribution in [-0.2, 0) is 32.4 Å². The number of halogens is 1. The van der Waals surface area contributed by atoms with Crippen LogP contribution in [0.3, 0.4) is 0 Å². The predicted octanol–water partition coefficient (Wildman–Crippen LogP) is 3.16. The van der Waals surface area contributed by atoms with Gasteiger partial charge in [0.25, 0.3) is 5.91 Å². The second-order valence-corrected chi connectivity index (χ2v) is 9.74. The van der Waals surface area contributed by atoms with Gasteiger partial charge in [0, 0.05) is 0 Å². The van der Waals surface area contributed by atoms with E-state index in [1.54, 1.807) is 0 Å². The summed E-state index contributed by atoms with van der Waals surface area (Å²) in [7, 11) is -2.49. The molecule has 0 saturated carbocycles. The summed E-state index contributed by atoms with van der Waals surface area (Å²) in [5.41, 5.74) is 3.55. The largest absolute Gasteiger partial charge is 0.452 e. The smallest absolute Gasteiger partial charge is 0.340 e. The number of esters is 1. The van der Waals surface area contributed by atoms with Crippen LogP contribution >= 0.6 is 11.6 Å². The number of carbonyl (C=O) groups excluding carboxylic acids is 2. The van der Waals surface area contributed by atoms with E-state index in [0.717, 1.165) is 24.5 Å². The summed E-state index contributed by atoms with van der Waals surface area (Å²) in [6, 6.07) is 9.68. The standard InChI is InChI=1S/C22H25ClN2O5S/c1-14(16-8-7-15-5-3-4-6-17(15)11-16)25-21(26)13-30-22(27)19-12-18(9-10-20(19)23)31(28,29)24-2/h7-12,14,24H,3-6,13H2,1-2H3,(H,25,26). The lowest BCUT2D eigenvalue weighted by molar-refractivity contribution is -0.124. The number of sulfonamides is 1.